The number of benzene rings is 6. The number of nitrogens with zero attached hydrogens (tertiary/aromatic N) is 4. The lowest BCUT2D eigenvalue weighted by Crippen LogP contribution is -2.09. The van der Waals surface area contributed by atoms with Gasteiger partial charge in [0.15, 0.2) is 0 Å². The number of rotatable bonds is 4. The highest BCUT2D eigenvalue weighted by molar-refractivity contribution is 6.09. The van der Waals surface area contributed by atoms with E-state index in [0.717, 1.165) is 77.6 Å². The van der Waals surface area contributed by atoms with Crippen LogP contribution in [-0.2, 0) is 0 Å². The Morgan fingerprint density at radius 2 is 1.12 bits per heavy atom. The van der Waals surface area contributed by atoms with Crippen LogP contribution in [0.4, 0.5) is 0 Å². The standard InChI is InChI=1S/C44H28N4/c45-27-30-25-24-29(26-43(30)47-39-20-7-4-16-35(39)36-17-5-8-21-40(36)47)32-13-1-2-14-33(32)34-15-3-9-22-41(34)48-42-23-10-6-18-37(42)38-19-11-12-31(28-46)44(38)48/h1-11,13-26,31H,12H2. The second-order valence-corrected chi connectivity index (χ2v) is 12.2. The summed E-state index contributed by atoms with van der Waals surface area (Å²) in [6, 6.07) is 53.4. The Labute approximate surface area is 278 Å². The molecule has 0 saturated carbocycles. The highest BCUT2D eigenvalue weighted by Gasteiger charge is 2.27. The van der Waals surface area contributed by atoms with E-state index in [1.54, 1.807) is 0 Å². The van der Waals surface area contributed by atoms with E-state index >= 15 is 0 Å². The monoisotopic (exact) mass is 612 g/mol. The Morgan fingerprint density at radius 3 is 1.81 bits per heavy atom. The molecule has 224 valence electrons. The lowest BCUT2D eigenvalue weighted by molar-refractivity contribution is 0.801. The first-order valence-electron chi connectivity index (χ1n) is 16.2. The second kappa shape index (κ2) is 11.0. The largest absolute Gasteiger partial charge is 0.311 e. The average Bonchev–Trinajstić information content (AvgIpc) is 3.68. The first-order valence-corrected chi connectivity index (χ1v) is 16.2. The van der Waals surface area contributed by atoms with Crippen molar-refractivity contribution in [2.75, 3.05) is 0 Å². The number of aromatic nitrogens is 2. The van der Waals surface area contributed by atoms with E-state index in [1.165, 1.54) is 0 Å². The van der Waals surface area contributed by atoms with Crippen molar-refractivity contribution in [1.82, 2.24) is 9.13 Å². The molecule has 2 aromatic heterocycles. The molecule has 9 rings (SSSR count). The van der Waals surface area contributed by atoms with Crippen LogP contribution in [0.1, 0.15) is 29.2 Å². The molecule has 6 aromatic carbocycles. The van der Waals surface area contributed by atoms with Crippen LogP contribution in [0.25, 0.3) is 72.4 Å². The Hall–Kier alpha value is -6.62. The first kappa shape index (κ1) is 27.7. The molecule has 0 amide bonds. The molecule has 8 aromatic rings. The Bertz CT molecular complexity index is 2640. The van der Waals surface area contributed by atoms with Crippen molar-refractivity contribution in [2.24, 2.45) is 0 Å². The van der Waals surface area contributed by atoms with Gasteiger partial charge < -0.3 is 9.13 Å². The van der Waals surface area contributed by atoms with E-state index in [9.17, 15) is 10.5 Å². The predicted octanol–water partition coefficient (Wildman–Crippen LogP) is 11.0. The predicted molar refractivity (Wildman–Crippen MR) is 195 cm³/mol. The van der Waals surface area contributed by atoms with Crippen molar-refractivity contribution in [3.8, 4) is 45.8 Å². The zero-order valence-electron chi connectivity index (χ0n) is 26.0. The third kappa shape index (κ3) is 4.07. The molecule has 48 heavy (non-hydrogen) atoms. The highest BCUT2D eigenvalue weighted by atomic mass is 15.0. The van der Waals surface area contributed by atoms with Gasteiger partial charge >= 0.3 is 0 Å². The first-order chi connectivity index (χ1) is 23.8. The molecule has 2 heterocycles. The fourth-order valence-corrected chi connectivity index (χ4v) is 7.64. The van der Waals surface area contributed by atoms with Gasteiger partial charge in [0.25, 0.3) is 0 Å². The van der Waals surface area contributed by atoms with Crippen molar-refractivity contribution < 1.29 is 0 Å². The zero-order chi connectivity index (χ0) is 32.2. The summed E-state index contributed by atoms with van der Waals surface area (Å²) in [7, 11) is 0. The summed E-state index contributed by atoms with van der Waals surface area (Å²) in [5.74, 6) is -0.243. The highest BCUT2D eigenvalue weighted by Crippen LogP contribution is 2.43. The van der Waals surface area contributed by atoms with Gasteiger partial charge in [-0.1, -0.05) is 115 Å². The van der Waals surface area contributed by atoms with E-state index in [0.29, 0.717) is 12.0 Å². The summed E-state index contributed by atoms with van der Waals surface area (Å²) in [6.07, 6.45) is 4.98. The minimum atomic E-state index is -0.243. The van der Waals surface area contributed by atoms with E-state index in [1.807, 2.05) is 6.07 Å². The lowest BCUT2D eigenvalue weighted by atomic mass is 9.91. The zero-order valence-corrected chi connectivity index (χ0v) is 26.0. The van der Waals surface area contributed by atoms with Gasteiger partial charge in [0.1, 0.15) is 6.07 Å². The van der Waals surface area contributed by atoms with E-state index < -0.39 is 0 Å². The van der Waals surface area contributed by atoms with Crippen molar-refractivity contribution in [3.05, 3.63) is 162 Å². The molecule has 1 atom stereocenters. The van der Waals surface area contributed by atoms with E-state index in [-0.39, 0.29) is 5.92 Å². The molecule has 0 fully saturated rings. The molecule has 0 radical (unpaired) electrons. The minimum absolute atomic E-state index is 0.243. The van der Waals surface area contributed by atoms with Gasteiger partial charge in [-0.3, -0.25) is 0 Å². The van der Waals surface area contributed by atoms with Gasteiger partial charge in [-0.05, 0) is 59.5 Å². The Morgan fingerprint density at radius 1 is 0.542 bits per heavy atom. The summed E-state index contributed by atoms with van der Waals surface area (Å²) in [5.41, 5.74) is 12.1. The number of fused-ring (bicyclic) bond motifs is 6. The fourth-order valence-electron chi connectivity index (χ4n) is 7.64. The molecule has 1 aliphatic rings. The number of para-hydroxylation sites is 4. The van der Waals surface area contributed by atoms with Crippen molar-refractivity contribution in [2.45, 2.75) is 12.3 Å². The summed E-state index contributed by atoms with van der Waals surface area (Å²) >= 11 is 0. The third-order valence-electron chi connectivity index (χ3n) is 9.71. The van der Waals surface area contributed by atoms with Crippen LogP contribution in [0, 0.1) is 22.7 Å². The second-order valence-electron chi connectivity index (χ2n) is 12.2. The van der Waals surface area contributed by atoms with Crippen molar-refractivity contribution in [1.29, 1.82) is 10.5 Å². The molecule has 0 bridgehead atoms. The van der Waals surface area contributed by atoms with Crippen LogP contribution in [-0.4, -0.2) is 9.13 Å². The minimum Gasteiger partial charge on any atom is -0.311 e. The molecular formula is C44H28N4. The maximum absolute atomic E-state index is 10.3. The topological polar surface area (TPSA) is 57.4 Å². The van der Waals surface area contributed by atoms with Crippen LogP contribution >= 0.6 is 0 Å². The van der Waals surface area contributed by atoms with Gasteiger partial charge in [0, 0.05) is 33.0 Å². The van der Waals surface area contributed by atoms with Crippen LogP contribution in [0.3, 0.4) is 0 Å². The average molecular weight is 613 g/mol. The quantitative estimate of drug-likeness (QED) is 0.199. The van der Waals surface area contributed by atoms with Gasteiger partial charge in [-0.25, -0.2) is 0 Å². The molecular weight excluding hydrogens is 585 g/mol. The number of allylic oxidation sites excluding steroid dienone is 1. The molecule has 0 spiro atoms. The van der Waals surface area contributed by atoms with E-state index in [2.05, 4.69) is 167 Å². The number of nitriles is 2. The lowest BCUT2D eigenvalue weighted by Gasteiger charge is -2.21. The van der Waals surface area contributed by atoms with Gasteiger partial charge in [-0.15, -0.1) is 0 Å². The number of hydrogen-bond acceptors (Lipinski definition) is 2. The van der Waals surface area contributed by atoms with Gasteiger partial charge in [0.05, 0.1) is 45.5 Å². The molecule has 0 saturated heterocycles. The molecule has 1 unspecified atom stereocenters. The van der Waals surface area contributed by atoms with Crippen LogP contribution in [0.15, 0.2) is 146 Å². The smallest absolute Gasteiger partial charge is 0.101 e. The molecule has 0 aliphatic heterocycles. The molecule has 1 aliphatic carbocycles. The van der Waals surface area contributed by atoms with Crippen LogP contribution < -0.4 is 0 Å². The third-order valence-corrected chi connectivity index (χ3v) is 9.71. The normalized spacial score (nSPS) is 13.8. The summed E-state index contributed by atoms with van der Waals surface area (Å²) in [5, 5.41) is 24.1. The van der Waals surface area contributed by atoms with Crippen LogP contribution in [0.2, 0.25) is 0 Å². The van der Waals surface area contributed by atoms with Gasteiger partial charge in [-0.2, -0.15) is 10.5 Å². The summed E-state index contributed by atoms with van der Waals surface area (Å²) < 4.78 is 4.52. The van der Waals surface area contributed by atoms with Crippen molar-refractivity contribution >= 4 is 38.8 Å². The maximum atomic E-state index is 10.3. The SMILES string of the molecule is N#Cc1ccc(-c2ccccc2-c2ccccc2-n2c3c(c4ccccc42)C=CCC3C#N)cc1-n1c2ccccc2c2ccccc21. The fraction of sp³-hybridized carbons (Fsp3) is 0.0455. The van der Waals surface area contributed by atoms with E-state index in [4.69, 9.17) is 0 Å². The molecule has 0 N–H and O–H groups in total. The summed E-state index contributed by atoms with van der Waals surface area (Å²) in [4.78, 5) is 0. The van der Waals surface area contributed by atoms with Crippen LogP contribution in [0.5, 0.6) is 0 Å². The van der Waals surface area contributed by atoms with Gasteiger partial charge in [0.2, 0.25) is 0 Å². The van der Waals surface area contributed by atoms with Crippen molar-refractivity contribution in [3.63, 3.8) is 0 Å². The maximum Gasteiger partial charge on any atom is 0.101 e. The molecule has 4 heteroatoms. The molecule has 4 nitrogen and oxygen atoms in total. The Kier molecular flexibility index (Phi) is 6.35. The number of hydrogen-bond donors (Lipinski definition) is 0. The summed E-state index contributed by atoms with van der Waals surface area (Å²) in [6.45, 7) is 0. The Balaban J connectivity index is 1.29.